The van der Waals surface area contributed by atoms with Crippen LogP contribution in [0.1, 0.15) is 362 Å². The average molecular weight is 1560 g/mol. The summed E-state index contributed by atoms with van der Waals surface area (Å²) in [4.78, 5) is 73.2. The molecule has 17 nitrogen and oxygen atoms in total. The van der Waals surface area contributed by atoms with Crippen molar-refractivity contribution in [3.63, 3.8) is 0 Å². The first-order valence-corrected chi connectivity index (χ1v) is 45.8. The van der Waals surface area contributed by atoms with E-state index < -0.39 is 97.5 Å². The van der Waals surface area contributed by atoms with Gasteiger partial charge in [-0.3, -0.25) is 37.3 Å². The Morgan fingerprint density at radius 3 is 0.769 bits per heavy atom. The molecule has 0 aromatic rings. The van der Waals surface area contributed by atoms with Crippen molar-refractivity contribution in [3.8, 4) is 0 Å². The van der Waals surface area contributed by atoms with Crippen LogP contribution in [-0.4, -0.2) is 96.7 Å². The highest BCUT2D eigenvalue weighted by molar-refractivity contribution is 7.47. The van der Waals surface area contributed by atoms with Gasteiger partial charge in [0.15, 0.2) is 12.2 Å². The van der Waals surface area contributed by atoms with Gasteiger partial charge in [0.25, 0.3) is 0 Å². The topological polar surface area (TPSA) is 237 Å². The van der Waals surface area contributed by atoms with Crippen molar-refractivity contribution in [1.82, 2.24) is 0 Å². The zero-order valence-electron chi connectivity index (χ0n) is 68.2. The second kappa shape index (κ2) is 80.5. The van der Waals surface area contributed by atoms with E-state index in [4.69, 9.17) is 37.0 Å². The van der Waals surface area contributed by atoms with Crippen LogP contribution in [0, 0.1) is 0 Å². The number of aliphatic hydroxyl groups is 1. The molecule has 0 amide bonds. The molecule has 3 N–H and O–H groups in total. The van der Waals surface area contributed by atoms with E-state index in [0.717, 1.165) is 218 Å². The largest absolute Gasteiger partial charge is 0.472 e. The Hall–Kier alpha value is -4.54. The smallest absolute Gasteiger partial charge is 0.462 e. The molecule has 0 aliphatic rings. The van der Waals surface area contributed by atoms with Crippen molar-refractivity contribution in [3.05, 3.63) is 122 Å². The van der Waals surface area contributed by atoms with Gasteiger partial charge in [0.2, 0.25) is 0 Å². The average Bonchev–Trinajstić information content (AvgIpc) is 0.887. The molecule has 0 aromatic carbocycles. The molecule has 0 saturated carbocycles. The molecule has 5 unspecified atom stereocenters. The Labute approximate surface area is 657 Å². The minimum absolute atomic E-state index is 0.0757. The molecule has 0 heterocycles. The van der Waals surface area contributed by atoms with Crippen molar-refractivity contribution >= 4 is 39.5 Å². The maximum absolute atomic E-state index is 13.1. The molecule has 108 heavy (non-hydrogen) atoms. The lowest BCUT2D eigenvalue weighted by atomic mass is 10.1. The third-order valence-electron chi connectivity index (χ3n) is 17.9. The molecule has 5 atom stereocenters. The number of phosphoric acid groups is 2. The number of ether oxygens (including phenoxy) is 4. The quantitative estimate of drug-likeness (QED) is 0.0169. The van der Waals surface area contributed by atoms with E-state index in [0.29, 0.717) is 25.7 Å². The lowest BCUT2D eigenvalue weighted by Gasteiger charge is -2.21. The zero-order valence-corrected chi connectivity index (χ0v) is 70.0. The number of rotatable bonds is 80. The molecule has 0 aliphatic heterocycles. The summed E-state index contributed by atoms with van der Waals surface area (Å²) in [5.41, 5.74) is 0. The molecule has 0 rings (SSSR count). The minimum atomic E-state index is -4.99. The second-order valence-electron chi connectivity index (χ2n) is 28.4. The van der Waals surface area contributed by atoms with Crippen molar-refractivity contribution < 1.29 is 80.2 Å². The predicted octanol–water partition coefficient (Wildman–Crippen LogP) is 25.5. The summed E-state index contributed by atoms with van der Waals surface area (Å²) in [5.74, 6) is -2.21. The lowest BCUT2D eigenvalue weighted by molar-refractivity contribution is -0.161. The number of carbonyl (C=O) groups is 4. The first-order chi connectivity index (χ1) is 52.7. The minimum Gasteiger partial charge on any atom is -0.462 e. The third kappa shape index (κ3) is 79.5. The number of hydrogen-bond donors (Lipinski definition) is 3. The standard InChI is InChI=1S/C89H154O17P2/c1-5-9-13-17-21-25-29-33-36-39-41-44-47-51-54-58-62-66-70-74-87(92)100-80-85(106-89(94)76-72-68-64-60-56-52-48-45-42-40-37-34-30-26-22-18-14-10-6-2)82-104-108(97,98)102-78-83(90)77-101-107(95,96)103-81-84(105-88(93)75-71-67-63-59-55-49-32-28-24-20-16-12-8-4)79-99-86(91)73-69-65-61-57-53-50-46-43-38-35-31-27-23-19-15-11-7-3/h11,15,21-23,25-28,32-38,41-42,44-45,83-85,90H,5-10,12-14,16-20,24,29-31,39-40,43,46-82H2,1-4H3,(H,95,96)(H,97,98)/b15-11-,25-21-,26-22-,27-23-,32-28-,36-33-,37-34-,38-35-,44-41-,45-42-. The van der Waals surface area contributed by atoms with E-state index in [1.807, 2.05) is 0 Å². The highest BCUT2D eigenvalue weighted by Gasteiger charge is 2.30. The molecule has 0 aliphatic carbocycles. The van der Waals surface area contributed by atoms with Gasteiger partial charge in [-0.1, -0.05) is 297 Å². The van der Waals surface area contributed by atoms with Gasteiger partial charge in [-0.15, -0.1) is 0 Å². The van der Waals surface area contributed by atoms with Gasteiger partial charge in [0, 0.05) is 25.7 Å². The van der Waals surface area contributed by atoms with Crippen molar-refractivity contribution in [1.29, 1.82) is 0 Å². The number of allylic oxidation sites excluding steroid dienone is 20. The van der Waals surface area contributed by atoms with Gasteiger partial charge >= 0.3 is 39.5 Å². The van der Waals surface area contributed by atoms with Crippen LogP contribution >= 0.6 is 15.6 Å². The van der Waals surface area contributed by atoms with Crippen LogP contribution in [0.5, 0.6) is 0 Å². The summed E-state index contributed by atoms with van der Waals surface area (Å²) in [7, 11) is -9.98. The van der Waals surface area contributed by atoms with Crippen molar-refractivity contribution in [2.45, 2.75) is 380 Å². The van der Waals surface area contributed by atoms with Gasteiger partial charge in [0.05, 0.1) is 26.4 Å². The van der Waals surface area contributed by atoms with E-state index in [1.54, 1.807) is 0 Å². The second-order valence-corrected chi connectivity index (χ2v) is 31.3. The predicted molar refractivity (Wildman–Crippen MR) is 445 cm³/mol. The van der Waals surface area contributed by atoms with Crippen LogP contribution in [0.4, 0.5) is 0 Å². The Morgan fingerprint density at radius 2 is 0.481 bits per heavy atom. The van der Waals surface area contributed by atoms with Crippen molar-refractivity contribution in [2.24, 2.45) is 0 Å². The molecular weight excluding hydrogens is 1400 g/mol. The maximum atomic E-state index is 13.1. The fourth-order valence-electron chi connectivity index (χ4n) is 11.4. The van der Waals surface area contributed by atoms with Crippen LogP contribution < -0.4 is 0 Å². The number of aliphatic hydroxyl groups excluding tert-OH is 1. The summed E-state index contributed by atoms with van der Waals surface area (Å²) >= 11 is 0. The SMILES string of the molecule is CC/C=C\C/C=C\C/C=C\CCCCCCCCCC(=O)OCC(COP(=O)(O)OCC(O)COP(=O)(O)OCC(COC(=O)CCCCCCCC/C=C\C/C=C\C/C=C\CCCCC)OC(=O)CCCCCCCC/C=C\C/C=C\C/C=C\CCCCC)OC(=O)CCCCCCC/C=C\CCCCCC. The number of carbonyl (C=O) groups excluding carboxylic acids is 4. The van der Waals surface area contributed by atoms with Gasteiger partial charge in [-0.05, 0) is 161 Å². The van der Waals surface area contributed by atoms with Gasteiger partial charge in [0.1, 0.15) is 19.3 Å². The highest BCUT2D eigenvalue weighted by atomic mass is 31.2. The van der Waals surface area contributed by atoms with Crippen LogP contribution in [0.3, 0.4) is 0 Å². The first-order valence-electron chi connectivity index (χ1n) is 42.8. The van der Waals surface area contributed by atoms with Crippen molar-refractivity contribution in [2.75, 3.05) is 39.6 Å². The highest BCUT2D eigenvalue weighted by Crippen LogP contribution is 2.45. The number of unbranched alkanes of at least 4 members (excludes halogenated alkanes) is 34. The third-order valence-corrected chi connectivity index (χ3v) is 19.8. The van der Waals surface area contributed by atoms with Crippen LogP contribution in [-0.2, 0) is 65.4 Å². The normalized spacial score (nSPS) is 14.4. The summed E-state index contributed by atoms with van der Waals surface area (Å²) < 4.78 is 68.8. The molecule has 0 fully saturated rings. The maximum Gasteiger partial charge on any atom is 0.472 e. The number of hydrogen-bond acceptors (Lipinski definition) is 15. The fourth-order valence-corrected chi connectivity index (χ4v) is 12.9. The molecule has 0 aromatic heterocycles. The Morgan fingerprint density at radius 1 is 0.269 bits per heavy atom. The van der Waals surface area contributed by atoms with Crippen LogP contribution in [0.15, 0.2) is 122 Å². The Kier molecular flexibility index (Phi) is 77.1. The lowest BCUT2D eigenvalue weighted by Crippen LogP contribution is -2.30. The molecule has 622 valence electrons. The molecule has 0 saturated heterocycles. The molecule has 0 spiro atoms. The van der Waals surface area contributed by atoms with E-state index in [2.05, 4.69) is 149 Å². The number of esters is 4. The van der Waals surface area contributed by atoms with Gasteiger partial charge < -0.3 is 33.8 Å². The Bertz CT molecular complexity index is 2520. The first kappa shape index (κ1) is 103. The number of phosphoric ester groups is 2. The fraction of sp³-hybridized carbons (Fsp3) is 0.730. The van der Waals surface area contributed by atoms with Gasteiger partial charge in [-0.2, -0.15) is 0 Å². The Balaban J connectivity index is 5.39. The van der Waals surface area contributed by atoms with Crippen LogP contribution in [0.2, 0.25) is 0 Å². The molecule has 0 radical (unpaired) electrons. The summed E-state index contributed by atoms with van der Waals surface area (Å²) in [6.07, 6.45) is 90.1. The van der Waals surface area contributed by atoms with E-state index in [-0.39, 0.29) is 25.7 Å². The molecular formula is C89H154O17P2. The van der Waals surface area contributed by atoms with Gasteiger partial charge in [-0.25, -0.2) is 9.13 Å². The van der Waals surface area contributed by atoms with Crippen LogP contribution in [0.25, 0.3) is 0 Å². The monoisotopic (exact) mass is 1560 g/mol. The summed E-state index contributed by atoms with van der Waals surface area (Å²) in [6.45, 7) is 4.70. The summed E-state index contributed by atoms with van der Waals surface area (Å²) in [5, 5.41) is 10.7. The summed E-state index contributed by atoms with van der Waals surface area (Å²) in [6, 6.07) is 0. The zero-order chi connectivity index (χ0) is 78.9. The molecule has 19 heteroatoms. The van der Waals surface area contributed by atoms with E-state index in [9.17, 15) is 43.2 Å². The molecule has 0 bridgehead atoms. The van der Waals surface area contributed by atoms with E-state index >= 15 is 0 Å². The van der Waals surface area contributed by atoms with E-state index in [1.165, 1.54) is 64.2 Å².